The van der Waals surface area contributed by atoms with Crippen molar-refractivity contribution in [2.45, 2.75) is 5.72 Å². The number of rotatable bonds is 6. The summed E-state index contributed by atoms with van der Waals surface area (Å²) in [5.41, 5.74) is 4.83. The standard InChI is InChI=1S/C19H22N4O4/c1-21-15-11-13(12-7-5-4-6-8-12)9-10-14(15)16(24)23(3)19(27,17(20)25)18(26)22-2/h4-11,21,27H,1-3H3,(H2,20,25)(H,22,26). The highest BCUT2D eigenvalue weighted by Gasteiger charge is 2.49. The van der Waals surface area contributed by atoms with Gasteiger partial charge in [0.05, 0.1) is 5.56 Å². The highest BCUT2D eigenvalue weighted by atomic mass is 16.3. The lowest BCUT2D eigenvalue weighted by molar-refractivity contribution is -0.166. The number of carbonyl (C=O) groups is 3. The van der Waals surface area contributed by atoms with Crippen LogP contribution in [0.25, 0.3) is 11.1 Å². The van der Waals surface area contributed by atoms with Crippen LogP contribution in [0.1, 0.15) is 10.4 Å². The number of nitrogens with zero attached hydrogens (tertiary/aromatic N) is 1. The van der Waals surface area contributed by atoms with Crippen molar-refractivity contribution in [3.63, 3.8) is 0 Å². The Morgan fingerprint density at radius 2 is 1.67 bits per heavy atom. The van der Waals surface area contributed by atoms with Crippen LogP contribution in [0.5, 0.6) is 0 Å². The molecule has 3 amide bonds. The fraction of sp³-hybridized carbons (Fsp3) is 0.211. The summed E-state index contributed by atoms with van der Waals surface area (Å²) in [6, 6.07) is 14.6. The summed E-state index contributed by atoms with van der Waals surface area (Å²) in [6.45, 7) is 0. The molecular weight excluding hydrogens is 348 g/mol. The number of anilines is 1. The van der Waals surface area contributed by atoms with Crippen LogP contribution in [0.15, 0.2) is 48.5 Å². The summed E-state index contributed by atoms with van der Waals surface area (Å²) in [6.07, 6.45) is 0. The Hall–Kier alpha value is -3.39. The zero-order valence-electron chi connectivity index (χ0n) is 15.3. The monoisotopic (exact) mass is 370 g/mol. The second-order valence-electron chi connectivity index (χ2n) is 5.86. The average molecular weight is 370 g/mol. The van der Waals surface area contributed by atoms with E-state index in [1.165, 1.54) is 7.05 Å². The Balaban J connectivity index is 2.46. The maximum atomic E-state index is 12.9. The first-order chi connectivity index (χ1) is 12.8. The lowest BCUT2D eigenvalue weighted by atomic mass is 10.0. The van der Waals surface area contributed by atoms with Gasteiger partial charge in [0.2, 0.25) is 0 Å². The predicted molar refractivity (Wildman–Crippen MR) is 102 cm³/mol. The lowest BCUT2D eigenvalue weighted by Gasteiger charge is -2.32. The zero-order chi connectivity index (χ0) is 20.2. The number of hydrogen-bond acceptors (Lipinski definition) is 5. The highest BCUT2D eigenvalue weighted by molar-refractivity contribution is 6.12. The largest absolute Gasteiger partial charge is 0.387 e. The van der Waals surface area contributed by atoms with Gasteiger partial charge in [-0.3, -0.25) is 19.3 Å². The molecule has 2 aromatic rings. The number of nitrogens with two attached hydrogens (primary N) is 1. The van der Waals surface area contributed by atoms with Crippen molar-refractivity contribution in [2.24, 2.45) is 5.73 Å². The molecule has 27 heavy (non-hydrogen) atoms. The number of aliphatic hydroxyl groups is 1. The summed E-state index contributed by atoms with van der Waals surface area (Å²) in [4.78, 5) is 37.2. The third-order valence-electron chi connectivity index (χ3n) is 4.30. The van der Waals surface area contributed by atoms with Crippen LogP contribution in [0.2, 0.25) is 0 Å². The van der Waals surface area contributed by atoms with E-state index >= 15 is 0 Å². The van der Waals surface area contributed by atoms with Gasteiger partial charge in [-0.15, -0.1) is 0 Å². The average Bonchev–Trinajstić information content (AvgIpc) is 2.71. The second-order valence-corrected chi connectivity index (χ2v) is 5.86. The van der Waals surface area contributed by atoms with E-state index in [1.54, 1.807) is 25.2 Å². The van der Waals surface area contributed by atoms with Gasteiger partial charge in [-0.25, -0.2) is 0 Å². The van der Waals surface area contributed by atoms with Crippen LogP contribution in [-0.4, -0.2) is 54.6 Å². The summed E-state index contributed by atoms with van der Waals surface area (Å²) in [7, 11) is 4.00. The van der Waals surface area contributed by atoms with Gasteiger partial charge in [-0.2, -0.15) is 0 Å². The van der Waals surface area contributed by atoms with Crippen LogP contribution >= 0.6 is 0 Å². The van der Waals surface area contributed by atoms with E-state index in [9.17, 15) is 19.5 Å². The molecule has 8 heteroatoms. The summed E-state index contributed by atoms with van der Waals surface area (Å²) < 4.78 is 0. The van der Waals surface area contributed by atoms with Crippen molar-refractivity contribution in [2.75, 3.05) is 26.5 Å². The Morgan fingerprint density at radius 1 is 1.04 bits per heavy atom. The first kappa shape index (κ1) is 19.9. The first-order valence-corrected chi connectivity index (χ1v) is 8.17. The molecule has 0 saturated heterocycles. The third-order valence-corrected chi connectivity index (χ3v) is 4.30. The van der Waals surface area contributed by atoms with Crippen molar-refractivity contribution in [1.29, 1.82) is 0 Å². The smallest absolute Gasteiger partial charge is 0.302 e. The maximum absolute atomic E-state index is 12.9. The minimum Gasteiger partial charge on any atom is -0.387 e. The van der Waals surface area contributed by atoms with E-state index in [4.69, 9.17) is 5.73 Å². The van der Waals surface area contributed by atoms with Crippen LogP contribution < -0.4 is 16.4 Å². The number of hydrogen-bond donors (Lipinski definition) is 4. The molecule has 5 N–H and O–H groups in total. The van der Waals surface area contributed by atoms with E-state index in [-0.39, 0.29) is 5.56 Å². The molecule has 0 bridgehead atoms. The Labute approximate surface area is 157 Å². The van der Waals surface area contributed by atoms with Crippen molar-refractivity contribution < 1.29 is 19.5 Å². The van der Waals surface area contributed by atoms with Crippen LogP contribution in [0.4, 0.5) is 5.69 Å². The van der Waals surface area contributed by atoms with E-state index in [0.717, 1.165) is 18.2 Å². The maximum Gasteiger partial charge on any atom is 0.302 e. The Kier molecular flexibility index (Phi) is 5.81. The van der Waals surface area contributed by atoms with E-state index in [2.05, 4.69) is 10.6 Å². The SMILES string of the molecule is CNC(=O)C(O)(C(N)=O)N(C)C(=O)c1ccc(-c2ccccc2)cc1NC. The summed E-state index contributed by atoms with van der Waals surface area (Å²) in [5.74, 6) is -3.20. The van der Waals surface area contributed by atoms with Gasteiger partial charge in [0, 0.05) is 26.8 Å². The van der Waals surface area contributed by atoms with Crippen molar-refractivity contribution in [3.8, 4) is 11.1 Å². The topological polar surface area (TPSA) is 125 Å². The molecule has 2 rings (SSSR count). The molecule has 0 aliphatic carbocycles. The summed E-state index contributed by atoms with van der Waals surface area (Å²) in [5, 5.41) is 15.5. The number of carbonyl (C=O) groups excluding carboxylic acids is 3. The molecule has 2 aromatic carbocycles. The number of benzene rings is 2. The minimum absolute atomic E-state index is 0.170. The number of likely N-dealkylation sites (N-methyl/N-ethyl adjacent to an activating group) is 2. The van der Waals surface area contributed by atoms with Crippen molar-refractivity contribution in [1.82, 2.24) is 10.2 Å². The summed E-state index contributed by atoms with van der Waals surface area (Å²) >= 11 is 0. The van der Waals surface area contributed by atoms with Crippen LogP contribution in [-0.2, 0) is 9.59 Å². The fourth-order valence-electron chi connectivity index (χ4n) is 2.68. The fourth-order valence-corrected chi connectivity index (χ4v) is 2.68. The quantitative estimate of drug-likeness (QED) is 0.432. The molecule has 0 saturated carbocycles. The van der Waals surface area contributed by atoms with Crippen LogP contribution in [0.3, 0.4) is 0 Å². The minimum atomic E-state index is -2.81. The molecule has 0 radical (unpaired) electrons. The van der Waals surface area contributed by atoms with Gasteiger partial charge < -0.3 is 21.5 Å². The molecule has 0 heterocycles. The van der Waals surface area contributed by atoms with Gasteiger partial charge in [0.1, 0.15) is 0 Å². The van der Waals surface area contributed by atoms with Gasteiger partial charge >= 0.3 is 5.72 Å². The number of primary amides is 1. The molecule has 0 spiro atoms. The predicted octanol–water partition coefficient (Wildman–Crippen LogP) is 0.387. The van der Waals surface area contributed by atoms with Crippen molar-refractivity contribution >= 4 is 23.4 Å². The molecule has 0 fully saturated rings. The third kappa shape index (κ3) is 3.61. The van der Waals surface area contributed by atoms with Gasteiger partial charge in [-0.1, -0.05) is 36.4 Å². The molecule has 8 nitrogen and oxygen atoms in total. The molecule has 0 aliphatic heterocycles. The molecule has 1 unspecified atom stereocenters. The Morgan fingerprint density at radius 3 is 2.19 bits per heavy atom. The second kappa shape index (κ2) is 7.88. The van der Waals surface area contributed by atoms with E-state index in [0.29, 0.717) is 10.6 Å². The van der Waals surface area contributed by atoms with Gasteiger partial charge in [-0.05, 0) is 23.3 Å². The molecule has 0 aromatic heterocycles. The molecular formula is C19H22N4O4. The van der Waals surface area contributed by atoms with Gasteiger partial charge in [0.15, 0.2) is 0 Å². The lowest BCUT2D eigenvalue weighted by Crippen LogP contribution is -2.65. The molecule has 142 valence electrons. The van der Waals surface area contributed by atoms with Crippen molar-refractivity contribution in [3.05, 3.63) is 54.1 Å². The van der Waals surface area contributed by atoms with Crippen LogP contribution in [0, 0.1) is 0 Å². The normalized spacial score (nSPS) is 12.6. The first-order valence-electron chi connectivity index (χ1n) is 8.17. The molecule has 1 atom stereocenters. The van der Waals surface area contributed by atoms with E-state index < -0.39 is 23.4 Å². The number of nitrogens with one attached hydrogen (secondary N) is 2. The van der Waals surface area contributed by atoms with Gasteiger partial charge in [0.25, 0.3) is 17.7 Å². The Bertz CT molecular complexity index is 869. The van der Waals surface area contributed by atoms with E-state index in [1.807, 2.05) is 30.3 Å². The number of amides is 3. The zero-order valence-corrected chi connectivity index (χ0v) is 15.3. The molecule has 0 aliphatic rings. The highest BCUT2D eigenvalue weighted by Crippen LogP contribution is 2.27.